The lowest BCUT2D eigenvalue weighted by Crippen LogP contribution is -2.63. The van der Waals surface area contributed by atoms with E-state index in [4.69, 9.17) is 9.47 Å². The predicted octanol–water partition coefficient (Wildman–Crippen LogP) is 5.32. The first-order chi connectivity index (χ1) is 19.8. The molecule has 1 atom stereocenters. The maximum absolute atomic E-state index is 14.5. The molecule has 2 heterocycles. The molecule has 0 spiro atoms. The van der Waals surface area contributed by atoms with Crippen LogP contribution in [0, 0.1) is 0 Å². The van der Waals surface area contributed by atoms with Crippen LogP contribution in [0.3, 0.4) is 0 Å². The average Bonchev–Trinajstić information content (AvgIpc) is 3.43. The van der Waals surface area contributed by atoms with Crippen molar-refractivity contribution < 1.29 is 23.9 Å². The molecule has 1 saturated heterocycles. The molecule has 0 aliphatic carbocycles. The first kappa shape index (κ1) is 30.6. The molecule has 10 nitrogen and oxygen atoms in total. The lowest BCUT2D eigenvalue weighted by atomic mass is 10.1. The summed E-state index contributed by atoms with van der Waals surface area (Å²) >= 11 is 0. The Morgan fingerprint density at radius 1 is 0.881 bits per heavy atom. The number of nitrogens with zero attached hydrogens (tertiary/aromatic N) is 5. The number of imidazole rings is 1. The van der Waals surface area contributed by atoms with Gasteiger partial charge in [-0.15, -0.1) is 0 Å². The zero-order chi connectivity index (χ0) is 30.5. The minimum absolute atomic E-state index is 0.0208. The molecule has 3 aromatic rings. The Bertz CT molecular complexity index is 1360. The van der Waals surface area contributed by atoms with Gasteiger partial charge in [0.15, 0.2) is 0 Å². The maximum atomic E-state index is 14.5. The van der Waals surface area contributed by atoms with E-state index in [2.05, 4.69) is 4.98 Å². The molecule has 1 aliphatic rings. The van der Waals surface area contributed by atoms with E-state index in [0.29, 0.717) is 12.2 Å². The lowest BCUT2D eigenvalue weighted by molar-refractivity contribution is -0.126. The molecule has 224 valence electrons. The topological polar surface area (TPSA) is 97.2 Å². The van der Waals surface area contributed by atoms with E-state index >= 15 is 0 Å². The number of benzene rings is 2. The summed E-state index contributed by atoms with van der Waals surface area (Å²) in [5.74, 6) is -0.322. The Morgan fingerprint density at radius 3 is 2.19 bits per heavy atom. The molecule has 1 aliphatic heterocycles. The van der Waals surface area contributed by atoms with E-state index in [-0.39, 0.29) is 32.1 Å². The quantitative estimate of drug-likeness (QED) is 0.395. The van der Waals surface area contributed by atoms with Crippen LogP contribution in [-0.4, -0.2) is 74.3 Å². The van der Waals surface area contributed by atoms with Gasteiger partial charge in [-0.05, 0) is 64.8 Å². The number of aromatic nitrogens is 2. The summed E-state index contributed by atoms with van der Waals surface area (Å²) in [6.45, 7) is 11.9. The molecule has 1 aromatic heterocycles. The number of ether oxygens (including phenoxy) is 2. The number of hydrogen-bond donors (Lipinski definition) is 0. The third-order valence-corrected chi connectivity index (χ3v) is 6.54. The zero-order valence-electron chi connectivity index (χ0n) is 25.3. The van der Waals surface area contributed by atoms with Gasteiger partial charge in [-0.3, -0.25) is 9.69 Å². The van der Waals surface area contributed by atoms with Crippen LogP contribution in [0.1, 0.15) is 52.7 Å². The average molecular weight is 576 g/mol. The van der Waals surface area contributed by atoms with Crippen molar-refractivity contribution in [3.05, 3.63) is 84.4 Å². The van der Waals surface area contributed by atoms with Crippen molar-refractivity contribution in [3.8, 4) is 0 Å². The van der Waals surface area contributed by atoms with Crippen molar-refractivity contribution in [2.45, 2.75) is 71.9 Å². The molecule has 10 heteroatoms. The highest BCUT2D eigenvalue weighted by atomic mass is 16.6. The SMILES string of the molecule is CC(C)(C)OC(=O)N1CCN(C(=O)OC(C)(C)C)[C@H](C(=O)N(Cc2ccccc2)c2cccc(Cn3ccnc3)c2)C1. The van der Waals surface area contributed by atoms with Gasteiger partial charge >= 0.3 is 12.2 Å². The molecule has 3 amide bonds. The van der Waals surface area contributed by atoms with Gasteiger partial charge in [0.25, 0.3) is 5.91 Å². The summed E-state index contributed by atoms with van der Waals surface area (Å²) in [5.41, 5.74) is 1.14. The number of rotatable bonds is 6. The number of hydrogen-bond acceptors (Lipinski definition) is 6. The summed E-state index contributed by atoms with van der Waals surface area (Å²) < 4.78 is 13.2. The number of carbonyl (C=O) groups is 3. The van der Waals surface area contributed by atoms with Crippen molar-refractivity contribution in [3.63, 3.8) is 0 Å². The van der Waals surface area contributed by atoms with Gasteiger partial charge in [-0.1, -0.05) is 42.5 Å². The Balaban J connectivity index is 1.70. The summed E-state index contributed by atoms with van der Waals surface area (Å²) in [7, 11) is 0. The van der Waals surface area contributed by atoms with E-state index in [1.165, 1.54) is 9.80 Å². The molecule has 4 rings (SSSR count). The summed E-state index contributed by atoms with van der Waals surface area (Å²) in [6.07, 6.45) is 4.22. The molecule has 2 aromatic carbocycles. The van der Waals surface area contributed by atoms with Crippen molar-refractivity contribution in [2.24, 2.45) is 0 Å². The zero-order valence-corrected chi connectivity index (χ0v) is 25.3. The Labute approximate surface area is 247 Å². The lowest BCUT2D eigenvalue weighted by Gasteiger charge is -2.42. The van der Waals surface area contributed by atoms with E-state index < -0.39 is 29.4 Å². The van der Waals surface area contributed by atoms with Crippen molar-refractivity contribution in [1.29, 1.82) is 0 Å². The number of carbonyl (C=O) groups excluding carboxylic acids is 3. The second-order valence-electron chi connectivity index (χ2n) is 12.4. The van der Waals surface area contributed by atoms with Crippen LogP contribution in [0.25, 0.3) is 0 Å². The van der Waals surface area contributed by atoms with Crippen LogP contribution in [0.5, 0.6) is 0 Å². The summed E-state index contributed by atoms with van der Waals surface area (Å²) in [5, 5.41) is 0. The van der Waals surface area contributed by atoms with Crippen LogP contribution in [0.2, 0.25) is 0 Å². The molecule has 0 N–H and O–H groups in total. The van der Waals surface area contributed by atoms with Crippen LogP contribution in [0.15, 0.2) is 73.3 Å². The van der Waals surface area contributed by atoms with E-state index in [0.717, 1.165) is 11.1 Å². The van der Waals surface area contributed by atoms with Crippen LogP contribution < -0.4 is 4.90 Å². The van der Waals surface area contributed by atoms with Gasteiger partial charge in [0, 0.05) is 37.7 Å². The van der Waals surface area contributed by atoms with Gasteiger partial charge in [-0.2, -0.15) is 0 Å². The number of amides is 3. The largest absolute Gasteiger partial charge is 0.444 e. The fourth-order valence-corrected chi connectivity index (χ4v) is 4.68. The second kappa shape index (κ2) is 12.7. The predicted molar refractivity (Wildman–Crippen MR) is 160 cm³/mol. The van der Waals surface area contributed by atoms with Crippen LogP contribution in [0.4, 0.5) is 15.3 Å². The van der Waals surface area contributed by atoms with Crippen molar-refractivity contribution >= 4 is 23.8 Å². The van der Waals surface area contributed by atoms with E-state index in [1.54, 1.807) is 59.0 Å². The first-order valence-electron chi connectivity index (χ1n) is 14.2. The number of piperazine rings is 1. The smallest absolute Gasteiger partial charge is 0.411 e. The van der Waals surface area contributed by atoms with Gasteiger partial charge in [-0.25, -0.2) is 14.6 Å². The van der Waals surface area contributed by atoms with Crippen LogP contribution >= 0.6 is 0 Å². The van der Waals surface area contributed by atoms with E-state index in [1.807, 2.05) is 65.4 Å². The molecular weight excluding hydrogens is 534 g/mol. The summed E-state index contributed by atoms with van der Waals surface area (Å²) in [4.78, 5) is 49.7. The minimum atomic E-state index is -0.984. The van der Waals surface area contributed by atoms with Gasteiger partial charge in [0.1, 0.15) is 17.2 Å². The molecular formula is C32H41N5O5. The molecule has 0 saturated carbocycles. The normalized spacial score (nSPS) is 15.7. The molecule has 0 unspecified atom stereocenters. The Kier molecular flexibility index (Phi) is 9.23. The highest BCUT2D eigenvalue weighted by Gasteiger charge is 2.42. The minimum Gasteiger partial charge on any atom is -0.444 e. The molecule has 1 fully saturated rings. The van der Waals surface area contributed by atoms with E-state index in [9.17, 15) is 14.4 Å². The highest BCUT2D eigenvalue weighted by molar-refractivity contribution is 5.99. The van der Waals surface area contributed by atoms with Gasteiger partial charge in [0.2, 0.25) is 0 Å². The second-order valence-corrected chi connectivity index (χ2v) is 12.4. The molecule has 0 radical (unpaired) electrons. The monoisotopic (exact) mass is 575 g/mol. The first-order valence-corrected chi connectivity index (χ1v) is 14.2. The Morgan fingerprint density at radius 2 is 1.55 bits per heavy atom. The molecule has 42 heavy (non-hydrogen) atoms. The third kappa shape index (κ3) is 8.34. The van der Waals surface area contributed by atoms with Gasteiger partial charge in [0.05, 0.1) is 19.4 Å². The number of anilines is 1. The fourth-order valence-electron chi connectivity index (χ4n) is 4.68. The van der Waals surface area contributed by atoms with Crippen molar-refractivity contribution in [2.75, 3.05) is 24.5 Å². The molecule has 0 bridgehead atoms. The maximum Gasteiger partial charge on any atom is 0.411 e. The van der Waals surface area contributed by atoms with Crippen molar-refractivity contribution in [1.82, 2.24) is 19.4 Å². The highest BCUT2D eigenvalue weighted by Crippen LogP contribution is 2.25. The standard InChI is InChI=1S/C32H41N5O5/c1-31(2,3)41-29(39)35-17-18-36(30(40)42-32(4,5)6)27(22-35)28(38)37(21-24-11-8-7-9-12-24)26-14-10-13-25(19-26)20-34-16-15-33-23-34/h7-16,19,23,27H,17-18,20-22H2,1-6H3/t27-/m0/s1. The Hall–Kier alpha value is -4.34. The third-order valence-electron chi connectivity index (χ3n) is 6.54. The summed E-state index contributed by atoms with van der Waals surface area (Å²) in [6, 6.07) is 16.4. The fraction of sp³-hybridized carbons (Fsp3) is 0.438. The van der Waals surface area contributed by atoms with Crippen LogP contribution in [-0.2, 0) is 27.4 Å². The van der Waals surface area contributed by atoms with Gasteiger partial charge < -0.3 is 23.8 Å².